The Morgan fingerprint density at radius 3 is 2.47 bits per heavy atom. The molecule has 0 aliphatic rings. The molecule has 0 aliphatic heterocycles. The van der Waals surface area contributed by atoms with Crippen LogP contribution in [0.25, 0.3) is 0 Å². The standard InChI is InChI=1S/C12H16ClN3O3/c1-12(2,3)10(14)11(17)15-9-5-4-7(16(18)19)6-8(9)13/h4-6,10H,14H2,1-3H3,(H,15,17)/t10-/m0/s1. The third-order valence-electron chi connectivity index (χ3n) is 2.64. The van der Waals surface area contributed by atoms with Crippen molar-refractivity contribution in [2.45, 2.75) is 26.8 Å². The second kappa shape index (κ2) is 5.54. The SMILES string of the molecule is CC(C)(C)[C@@H](N)C(=O)Nc1ccc([N+](=O)[O-])cc1Cl. The van der Waals surface area contributed by atoms with Gasteiger partial charge in [-0.15, -0.1) is 0 Å². The molecule has 1 atom stereocenters. The van der Waals surface area contributed by atoms with Gasteiger partial charge in [-0.1, -0.05) is 32.4 Å². The summed E-state index contributed by atoms with van der Waals surface area (Å²) in [4.78, 5) is 21.9. The minimum absolute atomic E-state index is 0.101. The van der Waals surface area contributed by atoms with Crippen LogP contribution in [0.3, 0.4) is 0 Å². The third-order valence-corrected chi connectivity index (χ3v) is 2.95. The molecule has 1 rings (SSSR count). The van der Waals surface area contributed by atoms with Gasteiger partial charge >= 0.3 is 0 Å². The summed E-state index contributed by atoms with van der Waals surface area (Å²) < 4.78 is 0. The van der Waals surface area contributed by atoms with Gasteiger partial charge in [0.05, 0.1) is 21.7 Å². The first-order chi connectivity index (χ1) is 8.62. The van der Waals surface area contributed by atoms with Gasteiger partial charge in [0.25, 0.3) is 5.69 Å². The van der Waals surface area contributed by atoms with Crippen LogP contribution in [0.4, 0.5) is 11.4 Å². The Morgan fingerprint density at radius 2 is 2.05 bits per heavy atom. The number of hydrogen-bond acceptors (Lipinski definition) is 4. The van der Waals surface area contributed by atoms with Crippen molar-refractivity contribution in [1.82, 2.24) is 0 Å². The fraction of sp³-hybridized carbons (Fsp3) is 0.417. The van der Waals surface area contributed by atoms with Crippen LogP contribution in [0.15, 0.2) is 18.2 Å². The van der Waals surface area contributed by atoms with Gasteiger partial charge in [-0.05, 0) is 11.5 Å². The number of nitro groups is 1. The quantitative estimate of drug-likeness (QED) is 0.658. The lowest BCUT2D eigenvalue weighted by Crippen LogP contribution is -2.45. The minimum Gasteiger partial charge on any atom is -0.323 e. The molecule has 7 heteroatoms. The fourth-order valence-electron chi connectivity index (χ4n) is 1.32. The first-order valence-corrected chi connectivity index (χ1v) is 6.01. The highest BCUT2D eigenvalue weighted by Gasteiger charge is 2.27. The summed E-state index contributed by atoms with van der Waals surface area (Å²) in [6.45, 7) is 5.53. The molecule has 0 bridgehead atoms. The van der Waals surface area contributed by atoms with Gasteiger partial charge in [0.15, 0.2) is 0 Å². The van der Waals surface area contributed by atoms with Crippen LogP contribution in [-0.2, 0) is 4.79 Å². The summed E-state index contributed by atoms with van der Waals surface area (Å²) in [5.74, 6) is -0.386. The van der Waals surface area contributed by atoms with E-state index in [1.54, 1.807) is 0 Å². The van der Waals surface area contributed by atoms with E-state index >= 15 is 0 Å². The van der Waals surface area contributed by atoms with Gasteiger partial charge < -0.3 is 11.1 Å². The Hall–Kier alpha value is -1.66. The fourth-order valence-corrected chi connectivity index (χ4v) is 1.54. The zero-order valence-electron chi connectivity index (χ0n) is 10.9. The van der Waals surface area contributed by atoms with Crippen molar-refractivity contribution in [2.75, 3.05) is 5.32 Å². The summed E-state index contributed by atoms with van der Waals surface area (Å²) in [6.07, 6.45) is 0. The maximum absolute atomic E-state index is 11.9. The van der Waals surface area contributed by atoms with Gasteiger partial charge in [0.2, 0.25) is 5.91 Å². The second-order valence-electron chi connectivity index (χ2n) is 5.25. The van der Waals surface area contributed by atoms with Crippen LogP contribution in [0.5, 0.6) is 0 Å². The zero-order chi connectivity index (χ0) is 14.8. The van der Waals surface area contributed by atoms with Crippen molar-refractivity contribution in [3.8, 4) is 0 Å². The molecule has 1 aromatic rings. The molecule has 0 aromatic heterocycles. The smallest absolute Gasteiger partial charge is 0.271 e. The summed E-state index contributed by atoms with van der Waals surface area (Å²) in [5.41, 5.74) is 5.58. The normalized spacial score (nSPS) is 12.9. The lowest BCUT2D eigenvalue weighted by Gasteiger charge is -2.25. The minimum atomic E-state index is -0.709. The number of non-ortho nitro benzene ring substituents is 1. The number of carbonyl (C=O) groups is 1. The molecule has 0 saturated heterocycles. The number of nitro benzene ring substituents is 1. The molecule has 0 heterocycles. The number of anilines is 1. The van der Waals surface area contributed by atoms with Crippen molar-refractivity contribution in [3.63, 3.8) is 0 Å². The Bertz CT molecular complexity index is 511. The van der Waals surface area contributed by atoms with E-state index in [4.69, 9.17) is 17.3 Å². The molecule has 3 N–H and O–H groups in total. The zero-order valence-corrected chi connectivity index (χ0v) is 11.7. The van der Waals surface area contributed by atoms with Gasteiger partial charge in [0, 0.05) is 12.1 Å². The number of nitrogens with two attached hydrogens (primary N) is 1. The summed E-state index contributed by atoms with van der Waals surface area (Å²) >= 11 is 5.88. The number of nitrogens with zero attached hydrogens (tertiary/aromatic N) is 1. The first-order valence-electron chi connectivity index (χ1n) is 5.63. The largest absolute Gasteiger partial charge is 0.323 e. The maximum atomic E-state index is 11.9. The molecular weight excluding hydrogens is 270 g/mol. The van der Waals surface area contributed by atoms with Crippen molar-refractivity contribution in [3.05, 3.63) is 33.3 Å². The van der Waals surface area contributed by atoms with E-state index in [1.165, 1.54) is 18.2 Å². The van der Waals surface area contributed by atoms with Crippen molar-refractivity contribution in [1.29, 1.82) is 0 Å². The lowest BCUT2D eigenvalue weighted by atomic mass is 9.87. The van der Waals surface area contributed by atoms with Crippen molar-refractivity contribution < 1.29 is 9.72 Å². The topological polar surface area (TPSA) is 98.3 Å². The van der Waals surface area contributed by atoms with E-state index in [1.807, 2.05) is 20.8 Å². The molecule has 0 aliphatic carbocycles. The predicted octanol–water partition coefficient (Wildman–Crippen LogP) is 2.56. The van der Waals surface area contributed by atoms with E-state index in [0.29, 0.717) is 5.69 Å². The summed E-state index contributed by atoms with van der Waals surface area (Å²) in [5, 5.41) is 13.2. The molecule has 104 valence electrons. The molecule has 0 radical (unpaired) electrons. The Balaban J connectivity index is 2.89. The molecule has 0 saturated carbocycles. The third kappa shape index (κ3) is 3.90. The molecule has 0 spiro atoms. The van der Waals surface area contributed by atoms with E-state index in [9.17, 15) is 14.9 Å². The number of amides is 1. The van der Waals surface area contributed by atoms with Crippen molar-refractivity contribution >= 4 is 28.9 Å². The monoisotopic (exact) mass is 285 g/mol. The Morgan fingerprint density at radius 1 is 1.47 bits per heavy atom. The van der Waals surface area contributed by atoms with Gasteiger partial charge in [-0.25, -0.2) is 0 Å². The van der Waals surface area contributed by atoms with Crippen LogP contribution in [-0.4, -0.2) is 16.9 Å². The van der Waals surface area contributed by atoms with Gasteiger partial charge in [-0.2, -0.15) is 0 Å². The summed E-state index contributed by atoms with van der Waals surface area (Å²) in [7, 11) is 0. The number of hydrogen-bond donors (Lipinski definition) is 2. The highest BCUT2D eigenvalue weighted by Crippen LogP contribution is 2.27. The molecular formula is C12H16ClN3O3. The van der Waals surface area contributed by atoms with Crippen molar-refractivity contribution in [2.24, 2.45) is 11.1 Å². The van der Waals surface area contributed by atoms with Crippen LogP contribution in [0.2, 0.25) is 5.02 Å². The van der Waals surface area contributed by atoms with E-state index in [2.05, 4.69) is 5.32 Å². The summed E-state index contributed by atoms with van der Waals surface area (Å²) in [6, 6.07) is 3.12. The Kier molecular flexibility index (Phi) is 4.49. The molecule has 6 nitrogen and oxygen atoms in total. The van der Waals surface area contributed by atoms with Crippen LogP contribution < -0.4 is 11.1 Å². The lowest BCUT2D eigenvalue weighted by molar-refractivity contribution is -0.384. The molecule has 0 fully saturated rings. The highest BCUT2D eigenvalue weighted by atomic mass is 35.5. The number of benzene rings is 1. The number of carbonyl (C=O) groups excluding carboxylic acids is 1. The van der Waals surface area contributed by atoms with Gasteiger partial charge in [0.1, 0.15) is 0 Å². The number of halogens is 1. The molecule has 0 unspecified atom stereocenters. The van der Waals surface area contributed by atoms with E-state index in [0.717, 1.165) is 0 Å². The molecule has 1 amide bonds. The molecule has 1 aromatic carbocycles. The molecule has 19 heavy (non-hydrogen) atoms. The average molecular weight is 286 g/mol. The van der Waals surface area contributed by atoms with E-state index < -0.39 is 16.4 Å². The Labute approximate surface area is 116 Å². The van der Waals surface area contributed by atoms with Crippen LogP contribution >= 0.6 is 11.6 Å². The first kappa shape index (κ1) is 15.4. The van der Waals surface area contributed by atoms with Gasteiger partial charge in [-0.3, -0.25) is 14.9 Å². The number of rotatable bonds is 3. The van der Waals surface area contributed by atoms with Crippen LogP contribution in [0.1, 0.15) is 20.8 Å². The van der Waals surface area contributed by atoms with Crippen LogP contribution in [0, 0.1) is 15.5 Å². The second-order valence-corrected chi connectivity index (χ2v) is 5.66. The average Bonchev–Trinajstić information content (AvgIpc) is 2.29. The number of nitrogens with one attached hydrogen (secondary N) is 1. The van der Waals surface area contributed by atoms with E-state index in [-0.39, 0.29) is 16.6 Å². The highest BCUT2D eigenvalue weighted by molar-refractivity contribution is 6.34. The maximum Gasteiger partial charge on any atom is 0.271 e. The predicted molar refractivity (Wildman–Crippen MR) is 74.2 cm³/mol.